The maximum Gasteiger partial charge on any atom is 0.317 e. The number of nitrogens with zero attached hydrogens (tertiary/aromatic N) is 3. The number of aliphatic hydroxyl groups is 1. The number of benzene rings is 1. The standard InChI is InChI=1S/C22H30N6O3/c1-23-22(31)28-11-9-16(10-12-28)25-20(30)18-4-2-3-14-13-24-21(27-19(14)18)26-15-5-7-17(29)8-6-15/h2-4,13,15-17,29H,5-12H2,1H3,(H,23,31)(H,25,30)(H,24,26,27)/t15-,17-. The van der Waals surface area contributed by atoms with Crippen molar-refractivity contribution in [2.45, 2.75) is 56.7 Å². The molecule has 0 atom stereocenters. The number of aliphatic hydroxyl groups excluding tert-OH is 1. The zero-order valence-electron chi connectivity index (χ0n) is 17.8. The fraction of sp³-hybridized carbons (Fsp3) is 0.545. The Morgan fingerprint density at radius 3 is 2.52 bits per heavy atom. The largest absolute Gasteiger partial charge is 0.393 e. The molecule has 1 aliphatic heterocycles. The lowest BCUT2D eigenvalue weighted by Gasteiger charge is -2.32. The predicted octanol–water partition coefficient (Wildman–Crippen LogP) is 1.88. The van der Waals surface area contributed by atoms with E-state index in [0.717, 1.165) is 43.9 Å². The van der Waals surface area contributed by atoms with E-state index in [2.05, 4.69) is 25.9 Å². The molecule has 0 bridgehead atoms. The van der Waals surface area contributed by atoms with Crippen LogP contribution in [0, 0.1) is 0 Å². The van der Waals surface area contributed by atoms with Crippen LogP contribution >= 0.6 is 0 Å². The van der Waals surface area contributed by atoms with E-state index in [9.17, 15) is 14.7 Å². The topological polar surface area (TPSA) is 119 Å². The van der Waals surface area contributed by atoms with Crippen LogP contribution < -0.4 is 16.0 Å². The molecule has 9 nitrogen and oxygen atoms in total. The molecule has 0 spiro atoms. The Bertz CT molecular complexity index is 936. The van der Waals surface area contributed by atoms with E-state index in [4.69, 9.17) is 0 Å². The van der Waals surface area contributed by atoms with E-state index in [1.54, 1.807) is 24.2 Å². The number of likely N-dealkylation sites (tertiary alicyclic amines) is 1. The number of hydrogen-bond acceptors (Lipinski definition) is 6. The number of anilines is 1. The maximum absolute atomic E-state index is 13.0. The molecule has 1 saturated carbocycles. The summed E-state index contributed by atoms with van der Waals surface area (Å²) in [5.74, 6) is 0.349. The molecule has 0 unspecified atom stereocenters. The van der Waals surface area contributed by atoms with Crippen molar-refractivity contribution in [3.63, 3.8) is 0 Å². The molecule has 2 aliphatic rings. The Balaban J connectivity index is 1.44. The van der Waals surface area contributed by atoms with Crippen LogP contribution in [0.4, 0.5) is 10.7 Å². The molecule has 2 aromatic rings. The molecule has 9 heteroatoms. The quantitative estimate of drug-likeness (QED) is 0.593. The Morgan fingerprint density at radius 1 is 1.06 bits per heavy atom. The lowest BCUT2D eigenvalue weighted by Crippen LogP contribution is -2.48. The number of carbonyl (C=O) groups excluding carboxylic acids is 2. The van der Waals surface area contributed by atoms with Gasteiger partial charge in [0.25, 0.3) is 5.91 Å². The van der Waals surface area contributed by atoms with E-state index in [1.807, 2.05) is 12.1 Å². The molecule has 4 rings (SSSR count). The summed E-state index contributed by atoms with van der Waals surface area (Å²) in [6, 6.07) is 5.69. The van der Waals surface area contributed by atoms with Crippen LogP contribution in [0.1, 0.15) is 48.9 Å². The number of nitrogens with one attached hydrogen (secondary N) is 3. The lowest BCUT2D eigenvalue weighted by atomic mass is 9.93. The SMILES string of the molecule is CNC(=O)N1CCC(NC(=O)c2cccc3cnc(N[C@H]4CC[C@H](O)CC4)nc23)CC1. The van der Waals surface area contributed by atoms with Crippen LogP contribution in [0.5, 0.6) is 0 Å². The van der Waals surface area contributed by atoms with Gasteiger partial charge in [0.2, 0.25) is 5.95 Å². The molecule has 0 radical (unpaired) electrons. The van der Waals surface area contributed by atoms with Crippen LogP contribution in [0.3, 0.4) is 0 Å². The number of fused-ring (bicyclic) bond motifs is 1. The highest BCUT2D eigenvalue weighted by Gasteiger charge is 2.25. The number of urea groups is 1. The van der Waals surface area contributed by atoms with Gasteiger partial charge < -0.3 is 26.0 Å². The first kappa shape index (κ1) is 21.3. The lowest BCUT2D eigenvalue weighted by molar-refractivity contribution is 0.0919. The van der Waals surface area contributed by atoms with Gasteiger partial charge in [-0.1, -0.05) is 12.1 Å². The van der Waals surface area contributed by atoms with Crippen LogP contribution in [0.2, 0.25) is 0 Å². The monoisotopic (exact) mass is 426 g/mol. The van der Waals surface area contributed by atoms with Gasteiger partial charge in [-0.3, -0.25) is 4.79 Å². The van der Waals surface area contributed by atoms with Crippen molar-refractivity contribution < 1.29 is 14.7 Å². The van der Waals surface area contributed by atoms with Gasteiger partial charge in [-0.2, -0.15) is 0 Å². The summed E-state index contributed by atoms with van der Waals surface area (Å²) >= 11 is 0. The number of amides is 3. The van der Waals surface area contributed by atoms with Gasteiger partial charge in [0.15, 0.2) is 0 Å². The van der Waals surface area contributed by atoms with Gasteiger partial charge in [-0.25, -0.2) is 14.8 Å². The highest BCUT2D eigenvalue weighted by Crippen LogP contribution is 2.23. The van der Waals surface area contributed by atoms with Gasteiger partial charge in [-0.15, -0.1) is 0 Å². The summed E-state index contributed by atoms with van der Waals surface area (Å²) in [7, 11) is 1.62. The minimum atomic E-state index is -0.214. The summed E-state index contributed by atoms with van der Waals surface area (Å²) in [6.07, 6.45) is 6.27. The second kappa shape index (κ2) is 9.47. The van der Waals surface area contributed by atoms with Gasteiger partial charge in [0.1, 0.15) is 0 Å². The average molecular weight is 427 g/mol. The van der Waals surface area contributed by atoms with E-state index >= 15 is 0 Å². The maximum atomic E-state index is 13.0. The highest BCUT2D eigenvalue weighted by atomic mass is 16.3. The van der Waals surface area contributed by atoms with Crippen molar-refractivity contribution in [2.24, 2.45) is 0 Å². The summed E-state index contributed by atoms with van der Waals surface area (Å²) in [6.45, 7) is 1.24. The van der Waals surface area contributed by atoms with E-state index < -0.39 is 0 Å². The summed E-state index contributed by atoms with van der Waals surface area (Å²) in [4.78, 5) is 35.6. The molecular weight excluding hydrogens is 396 g/mol. The fourth-order valence-electron chi connectivity index (χ4n) is 4.36. The number of hydrogen-bond donors (Lipinski definition) is 4. The summed E-state index contributed by atoms with van der Waals surface area (Å²) < 4.78 is 0. The zero-order chi connectivity index (χ0) is 21.8. The minimum absolute atomic E-state index is 0.0248. The zero-order valence-corrected chi connectivity index (χ0v) is 17.8. The minimum Gasteiger partial charge on any atom is -0.393 e. The molecule has 2 fully saturated rings. The van der Waals surface area contributed by atoms with Crippen molar-refractivity contribution in [1.82, 2.24) is 25.5 Å². The molecule has 4 N–H and O–H groups in total. The summed E-state index contributed by atoms with van der Waals surface area (Å²) in [5.41, 5.74) is 1.15. The third kappa shape index (κ3) is 5.04. The van der Waals surface area contributed by atoms with E-state index in [-0.39, 0.29) is 30.1 Å². The van der Waals surface area contributed by atoms with Crippen molar-refractivity contribution in [3.8, 4) is 0 Å². The van der Waals surface area contributed by atoms with Gasteiger partial charge in [-0.05, 0) is 44.6 Å². The third-order valence-electron chi connectivity index (χ3n) is 6.22. The van der Waals surface area contributed by atoms with Gasteiger partial charge >= 0.3 is 6.03 Å². The molecule has 1 saturated heterocycles. The van der Waals surface area contributed by atoms with Crippen molar-refractivity contribution in [2.75, 3.05) is 25.5 Å². The van der Waals surface area contributed by atoms with Crippen molar-refractivity contribution in [1.29, 1.82) is 0 Å². The smallest absolute Gasteiger partial charge is 0.317 e. The number of rotatable bonds is 4. The molecule has 31 heavy (non-hydrogen) atoms. The second-order valence-electron chi connectivity index (χ2n) is 8.38. The first-order valence-electron chi connectivity index (χ1n) is 11.0. The third-order valence-corrected chi connectivity index (χ3v) is 6.22. The van der Waals surface area contributed by atoms with Crippen LogP contribution in [-0.4, -0.2) is 70.2 Å². The van der Waals surface area contributed by atoms with E-state index in [0.29, 0.717) is 30.1 Å². The fourth-order valence-corrected chi connectivity index (χ4v) is 4.36. The molecular formula is C22H30N6O3. The Hall–Kier alpha value is -2.94. The van der Waals surface area contributed by atoms with Crippen molar-refractivity contribution >= 4 is 28.8 Å². The second-order valence-corrected chi connectivity index (χ2v) is 8.38. The number of aromatic nitrogens is 2. The molecule has 2 heterocycles. The predicted molar refractivity (Wildman–Crippen MR) is 118 cm³/mol. The normalized spacial score (nSPS) is 22.2. The molecule has 166 valence electrons. The number of carbonyl (C=O) groups is 2. The van der Waals surface area contributed by atoms with Crippen LogP contribution in [-0.2, 0) is 0 Å². The molecule has 1 aliphatic carbocycles. The molecule has 1 aromatic carbocycles. The van der Waals surface area contributed by atoms with Crippen LogP contribution in [0.25, 0.3) is 10.9 Å². The van der Waals surface area contributed by atoms with Gasteiger partial charge in [0, 0.05) is 43.8 Å². The average Bonchev–Trinajstić information content (AvgIpc) is 2.80. The Morgan fingerprint density at radius 2 is 1.81 bits per heavy atom. The first-order valence-corrected chi connectivity index (χ1v) is 11.0. The number of para-hydroxylation sites is 1. The highest BCUT2D eigenvalue weighted by molar-refractivity contribution is 6.05. The Labute approximate surface area is 181 Å². The Kier molecular flexibility index (Phi) is 6.50. The molecule has 1 aromatic heterocycles. The number of piperidine rings is 1. The first-order chi connectivity index (χ1) is 15.0. The van der Waals surface area contributed by atoms with Gasteiger partial charge in [0.05, 0.1) is 17.2 Å². The molecule has 3 amide bonds. The van der Waals surface area contributed by atoms with Crippen LogP contribution in [0.15, 0.2) is 24.4 Å². The van der Waals surface area contributed by atoms with Crippen molar-refractivity contribution in [3.05, 3.63) is 30.0 Å². The van der Waals surface area contributed by atoms with E-state index in [1.165, 1.54) is 0 Å². The summed E-state index contributed by atoms with van der Waals surface area (Å²) in [5, 5.41) is 19.6.